The van der Waals surface area contributed by atoms with Crippen molar-refractivity contribution in [3.8, 4) is 0 Å². The molecule has 1 aromatic carbocycles. The number of hydrogen-bond donors (Lipinski definition) is 1. The van der Waals surface area contributed by atoms with Crippen LogP contribution in [0.3, 0.4) is 0 Å². The Morgan fingerprint density at radius 1 is 1.42 bits per heavy atom. The molecule has 106 valence electrons. The van der Waals surface area contributed by atoms with Crippen LogP contribution in [0.15, 0.2) is 18.2 Å². The quantitative estimate of drug-likeness (QED) is 0.448. The Balaban J connectivity index is 2.69. The third kappa shape index (κ3) is 4.78. The first-order chi connectivity index (χ1) is 9.06. The van der Waals surface area contributed by atoms with Crippen LogP contribution in [0, 0.1) is 10.1 Å². The summed E-state index contributed by atoms with van der Waals surface area (Å²) in [6.07, 6.45) is -1.16. The van der Waals surface area contributed by atoms with Crippen molar-refractivity contribution >= 4 is 11.4 Å². The summed E-state index contributed by atoms with van der Waals surface area (Å²) in [7, 11) is 1.60. The van der Waals surface area contributed by atoms with Gasteiger partial charge in [0, 0.05) is 43.6 Å². The van der Waals surface area contributed by atoms with Crippen LogP contribution in [0.4, 0.5) is 20.2 Å². The number of hydrogen-bond acceptors (Lipinski definition) is 4. The Morgan fingerprint density at radius 3 is 2.74 bits per heavy atom. The lowest BCUT2D eigenvalue weighted by molar-refractivity contribution is -0.385. The number of alkyl halides is 2. The zero-order valence-corrected chi connectivity index (χ0v) is 10.6. The number of nitro benzene ring substituents is 1. The van der Waals surface area contributed by atoms with Crippen molar-refractivity contribution in [1.82, 2.24) is 0 Å². The fraction of sp³-hybridized carbons (Fsp3) is 0.500. The normalized spacial score (nSPS) is 10.7. The molecule has 1 aromatic rings. The zero-order valence-electron chi connectivity index (χ0n) is 10.6. The van der Waals surface area contributed by atoms with Crippen molar-refractivity contribution in [3.63, 3.8) is 0 Å². The van der Waals surface area contributed by atoms with Crippen molar-refractivity contribution in [1.29, 1.82) is 0 Å². The molecule has 0 heterocycles. The lowest BCUT2D eigenvalue weighted by atomic mass is 10.1. The molecule has 1 N–H and O–H groups in total. The number of rotatable bonds is 8. The number of nitrogens with zero attached hydrogens (tertiary/aromatic N) is 1. The summed E-state index contributed by atoms with van der Waals surface area (Å²) in [6, 6.07) is 3.43. The van der Waals surface area contributed by atoms with Crippen LogP contribution in [0.25, 0.3) is 0 Å². The van der Waals surface area contributed by atoms with E-state index in [0.717, 1.165) is 18.9 Å². The van der Waals surface area contributed by atoms with Gasteiger partial charge in [-0.05, 0) is 18.9 Å². The Morgan fingerprint density at radius 2 is 2.16 bits per heavy atom. The summed E-state index contributed by atoms with van der Waals surface area (Å²) in [6.45, 7) is 1.13. The summed E-state index contributed by atoms with van der Waals surface area (Å²) in [5.74, 6) is 0. The van der Waals surface area contributed by atoms with Crippen molar-refractivity contribution in [3.05, 3.63) is 33.9 Å². The highest BCUT2D eigenvalue weighted by molar-refractivity contribution is 5.56. The molecule has 7 heteroatoms. The van der Waals surface area contributed by atoms with Gasteiger partial charge in [-0.3, -0.25) is 10.1 Å². The molecule has 0 atom stereocenters. The molecular formula is C12H16F2N2O3. The van der Waals surface area contributed by atoms with E-state index in [0.29, 0.717) is 13.2 Å². The van der Waals surface area contributed by atoms with Gasteiger partial charge in [-0.15, -0.1) is 0 Å². The van der Waals surface area contributed by atoms with E-state index in [1.54, 1.807) is 7.11 Å². The Bertz CT molecular complexity index is 427. The Hall–Kier alpha value is -1.76. The molecule has 0 radical (unpaired) electrons. The minimum Gasteiger partial charge on any atom is -0.385 e. The predicted octanol–water partition coefficient (Wildman–Crippen LogP) is 3.37. The minimum absolute atomic E-state index is 0.234. The lowest BCUT2D eigenvalue weighted by Crippen LogP contribution is -2.06. The average Bonchev–Trinajstić information content (AvgIpc) is 2.38. The molecule has 0 bridgehead atoms. The molecule has 0 saturated heterocycles. The summed E-state index contributed by atoms with van der Waals surface area (Å²) >= 11 is 0. The van der Waals surface area contributed by atoms with Gasteiger partial charge in [0.25, 0.3) is 12.1 Å². The van der Waals surface area contributed by atoms with E-state index in [4.69, 9.17) is 4.74 Å². The van der Waals surface area contributed by atoms with Crippen LogP contribution in [-0.4, -0.2) is 25.2 Å². The first-order valence-corrected chi connectivity index (χ1v) is 5.85. The average molecular weight is 274 g/mol. The summed E-state index contributed by atoms with van der Waals surface area (Å²) in [5, 5.41) is 13.4. The number of ether oxygens (including phenoxy) is 1. The number of unbranched alkanes of at least 4 members (excludes halogenated alkanes) is 1. The zero-order chi connectivity index (χ0) is 14.3. The number of methoxy groups -OCH3 is 1. The molecule has 0 spiro atoms. The van der Waals surface area contributed by atoms with Gasteiger partial charge in [0.1, 0.15) is 0 Å². The predicted molar refractivity (Wildman–Crippen MR) is 67.7 cm³/mol. The van der Waals surface area contributed by atoms with Gasteiger partial charge in [0.2, 0.25) is 0 Å². The third-order valence-electron chi connectivity index (χ3n) is 2.57. The number of halogens is 2. The highest BCUT2D eigenvalue weighted by atomic mass is 19.3. The first kappa shape index (κ1) is 15.3. The first-order valence-electron chi connectivity index (χ1n) is 5.85. The highest BCUT2D eigenvalue weighted by Crippen LogP contribution is 2.30. The molecule has 0 aliphatic rings. The molecule has 0 aliphatic carbocycles. The maximum atomic E-state index is 12.8. The Kier molecular flexibility index (Phi) is 6.14. The van der Waals surface area contributed by atoms with Gasteiger partial charge >= 0.3 is 0 Å². The molecule has 0 fully saturated rings. The lowest BCUT2D eigenvalue weighted by Gasteiger charge is -2.11. The van der Waals surface area contributed by atoms with Crippen molar-refractivity contribution in [2.24, 2.45) is 0 Å². The van der Waals surface area contributed by atoms with Crippen molar-refractivity contribution < 1.29 is 18.4 Å². The van der Waals surface area contributed by atoms with E-state index in [1.165, 1.54) is 12.1 Å². The molecule has 0 unspecified atom stereocenters. The van der Waals surface area contributed by atoms with Gasteiger partial charge in [-0.1, -0.05) is 0 Å². The molecule has 0 aliphatic heterocycles. The summed E-state index contributed by atoms with van der Waals surface area (Å²) in [4.78, 5) is 9.86. The van der Waals surface area contributed by atoms with Gasteiger partial charge < -0.3 is 10.1 Å². The fourth-order valence-electron chi connectivity index (χ4n) is 1.60. The molecule has 0 amide bonds. The SMILES string of the molecule is COCCCCNc1ccc([N+](=O)[O-])cc1C(F)F. The van der Waals surface area contributed by atoms with Gasteiger partial charge in [-0.25, -0.2) is 8.78 Å². The van der Waals surface area contributed by atoms with Crippen molar-refractivity contribution in [2.45, 2.75) is 19.3 Å². The molecule has 5 nitrogen and oxygen atoms in total. The second-order valence-corrected chi connectivity index (χ2v) is 3.96. The standard InChI is InChI=1S/C12H16F2N2O3/c1-19-7-3-2-6-15-11-5-4-9(16(17)18)8-10(11)12(13)14/h4-5,8,12,15H,2-3,6-7H2,1H3. The van der Waals surface area contributed by atoms with Crippen LogP contribution >= 0.6 is 0 Å². The van der Waals surface area contributed by atoms with E-state index in [2.05, 4.69) is 5.32 Å². The smallest absolute Gasteiger partial charge is 0.270 e. The van der Waals surface area contributed by atoms with Crippen molar-refractivity contribution in [2.75, 3.05) is 25.6 Å². The maximum Gasteiger partial charge on any atom is 0.270 e. The number of non-ortho nitro benzene ring substituents is 1. The highest BCUT2D eigenvalue weighted by Gasteiger charge is 2.17. The van der Waals surface area contributed by atoms with Crippen LogP contribution in [-0.2, 0) is 4.74 Å². The van der Waals surface area contributed by atoms with Crippen LogP contribution < -0.4 is 5.32 Å². The van der Waals surface area contributed by atoms with E-state index in [9.17, 15) is 18.9 Å². The molecule has 19 heavy (non-hydrogen) atoms. The molecule has 0 saturated carbocycles. The van der Waals surface area contributed by atoms with E-state index >= 15 is 0 Å². The van der Waals surface area contributed by atoms with Crippen LogP contribution in [0.2, 0.25) is 0 Å². The fourth-order valence-corrected chi connectivity index (χ4v) is 1.60. The van der Waals surface area contributed by atoms with E-state index in [1.807, 2.05) is 0 Å². The topological polar surface area (TPSA) is 64.4 Å². The summed E-state index contributed by atoms with van der Waals surface area (Å²) < 4.78 is 30.5. The monoisotopic (exact) mass is 274 g/mol. The van der Waals surface area contributed by atoms with Gasteiger partial charge in [0.05, 0.1) is 4.92 Å². The molecule has 0 aromatic heterocycles. The number of benzene rings is 1. The number of nitrogens with one attached hydrogen (secondary N) is 1. The number of anilines is 1. The largest absolute Gasteiger partial charge is 0.385 e. The maximum absolute atomic E-state index is 12.8. The van der Waals surface area contributed by atoms with E-state index in [-0.39, 0.29) is 16.9 Å². The Labute approximate surface area is 109 Å². The van der Waals surface area contributed by atoms with Crippen LogP contribution in [0.1, 0.15) is 24.8 Å². The second kappa shape index (κ2) is 7.63. The van der Waals surface area contributed by atoms with Crippen LogP contribution in [0.5, 0.6) is 0 Å². The molecule has 1 rings (SSSR count). The molecular weight excluding hydrogens is 258 g/mol. The van der Waals surface area contributed by atoms with Gasteiger partial charge in [-0.2, -0.15) is 0 Å². The minimum atomic E-state index is -2.75. The summed E-state index contributed by atoms with van der Waals surface area (Å²) in [5.41, 5.74) is -0.445. The third-order valence-corrected chi connectivity index (χ3v) is 2.57. The second-order valence-electron chi connectivity index (χ2n) is 3.96. The van der Waals surface area contributed by atoms with Gasteiger partial charge in [0.15, 0.2) is 0 Å². The number of nitro groups is 1. The van der Waals surface area contributed by atoms with E-state index < -0.39 is 11.3 Å².